The van der Waals surface area contributed by atoms with Gasteiger partial charge in [0.25, 0.3) is 0 Å². The predicted octanol–water partition coefficient (Wildman–Crippen LogP) is 4.10. The average Bonchev–Trinajstić information content (AvgIpc) is 2.47. The van der Waals surface area contributed by atoms with Gasteiger partial charge in [-0.1, -0.05) is 29.8 Å². The highest BCUT2D eigenvalue weighted by Gasteiger charge is 2.08. The van der Waals surface area contributed by atoms with Crippen LogP contribution in [-0.4, -0.2) is 4.98 Å². The van der Waals surface area contributed by atoms with Gasteiger partial charge in [-0.15, -0.1) is 0 Å². The van der Waals surface area contributed by atoms with Gasteiger partial charge in [-0.25, -0.2) is 0 Å². The summed E-state index contributed by atoms with van der Waals surface area (Å²) in [5, 5.41) is 4.63. The summed E-state index contributed by atoms with van der Waals surface area (Å²) < 4.78 is 0. The van der Waals surface area contributed by atoms with Crippen molar-refractivity contribution in [3.63, 3.8) is 0 Å². The maximum absolute atomic E-state index is 12.6. The van der Waals surface area contributed by atoms with Crippen LogP contribution < -0.4 is 10.7 Å². The lowest BCUT2D eigenvalue weighted by molar-refractivity contribution is 1.06. The van der Waals surface area contributed by atoms with Gasteiger partial charge in [0.15, 0.2) is 5.43 Å². The number of nitrogens with one attached hydrogen (secondary N) is 2. The van der Waals surface area contributed by atoms with Crippen molar-refractivity contribution in [2.45, 2.75) is 13.5 Å². The van der Waals surface area contributed by atoms with Crippen molar-refractivity contribution in [1.29, 1.82) is 0 Å². The molecule has 0 fully saturated rings. The number of pyridine rings is 1. The number of hydrogen-bond donors (Lipinski definition) is 2. The highest BCUT2D eigenvalue weighted by molar-refractivity contribution is 6.30. The van der Waals surface area contributed by atoms with Gasteiger partial charge < -0.3 is 10.3 Å². The van der Waals surface area contributed by atoms with Crippen LogP contribution in [0.2, 0.25) is 5.02 Å². The molecule has 1 heterocycles. The molecule has 0 saturated heterocycles. The van der Waals surface area contributed by atoms with E-state index >= 15 is 0 Å². The fourth-order valence-corrected chi connectivity index (χ4v) is 2.59. The fourth-order valence-electron chi connectivity index (χ4n) is 2.40. The Bertz CT molecular complexity index is 855. The SMILES string of the molecule is Cc1[nH]c2ccccc2c(=O)c1CNc1cccc(Cl)c1. The first kappa shape index (κ1) is 13.7. The molecule has 106 valence electrons. The third kappa shape index (κ3) is 2.78. The van der Waals surface area contributed by atoms with Crippen molar-refractivity contribution in [3.8, 4) is 0 Å². The number of H-pyrrole nitrogens is 1. The molecule has 0 atom stereocenters. The number of aromatic nitrogens is 1. The summed E-state index contributed by atoms with van der Waals surface area (Å²) in [6, 6.07) is 15.0. The first-order chi connectivity index (χ1) is 10.1. The van der Waals surface area contributed by atoms with Crippen molar-refractivity contribution in [3.05, 3.63) is 75.0 Å². The van der Waals surface area contributed by atoms with E-state index in [0.717, 1.165) is 22.5 Å². The lowest BCUT2D eigenvalue weighted by Crippen LogP contribution is -2.16. The van der Waals surface area contributed by atoms with Gasteiger partial charge in [-0.3, -0.25) is 4.79 Å². The molecule has 3 rings (SSSR count). The van der Waals surface area contributed by atoms with Crippen molar-refractivity contribution < 1.29 is 0 Å². The lowest BCUT2D eigenvalue weighted by Gasteiger charge is -2.10. The van der Waals surface area contributed by atoms with Crippen molar-refractivity contribution in [1.82, 2.24) is 4.98 Å². The Hall–Kier alpha value is -2.26. The number of rotatable bonds is 3. The molecule has 0 aliphatic carbocycles. The lowest BCUT2D eigenvalue weighted by atomic mass is 10.1. The van der Waals surface area contributed by atoms with Crippen LogP contribution in [0.1, 0.15) is 11.3 Å². The van der Waals surface area contributed by atoms with Gasteiger partial charge in [0.05, 0.1) is 0 Å². The molecule has 0 amide bonds. The van der Waals surface area contributed by atoms with Crippen LogP contribution in [-0.2, 0) is 6.54 Å². The van der Waals surface area contributed by atoms with Gasteiger partial charge in [-0.2, -0.15) is 0 Å². The minimum absolute atomic E-state index is 0.0661. The van der Waals surface area contributed by atoms with E-state index in [1.54, 1.807) is 0 Å². The number of para-hydroxylation sites is 1. The van der Waals surface area contributed by atoms with E-state index in [-0.39, 0.29) is 5.43 Å². The smallest absolute Gasteiger partial charge is 0.194 e. The monoisotopic (exact) mass is 298 g/mol. The van der Waals surface area contributed by atoms with E-state index in [2.05, 4.69) is 10.3 Å². The molecule has 0 aliphatic heterocycles. The second-order valence-corrected chi connectivity index (χ2v) is 5.40. The zero-order chi connectivity index (χ0) is 14.8. The normalized spacial score (nSPS) is 10.8. The van der Waals surface area contributed by atoms with E-state index in [4.69, 9.17) is 11.6 Å². The van der Waals surface area contributed by atoms with Gasteiger partial charge in [0.2, 0.25) is 0 Å². The quantitative estimate of drug-likeness (QED) is 0.764. The summed E-state index contributed by atoms with van der Waals surface area (Å²) in [5.41, 5.74) is 3.46. The third-order valence-corrected chi connectivity index (χ3v) is 3.75. The molecule has 0 saturated carbocycles. The maximum Gasteiger partial charge on any atom is 0.194 e. The largest absolute Gasteiger partial charge is 0.381 e. The molecule has 2 aromatic carbocycles. The number of anilines is 1. The van der Waals surface area contributed by atoms with E-state index < -0.39 is 0 Å². The molecule has 0 unspecified atom stereocenters. The highest BCUT2D eigenvalue weighted by Crippen LogP contribution is 2.16. The maximum atomic E-state index is 12.6. The molecular weight excluding hydrogens is 284 g/mol. The van der Waals surface area contributed by atoms with Crippen LogP contribution in [0.5, 0.6) is 0 Å². The van der Waals surface area contributed by atoms with Crippen LogP contribution in [0.25, 0.3) is 10.9 Å². The first-order valence-corrected chi connectivity index (χ1v) is 7.13. The Labute approximate surface area is 127 Å². The Morgan fingerprint density at radius 2 is 1.95 bits per heavy atom. The van der Waals surface area contributed by atoms with Gasteiger partial charge in [-0.05, 0) is 37.3 Å². The fraction of sp³-hybridized carbons (Fsp3) is 0.118. The summed E-state index contributed by atoms with van der Waals surface area (Å²) in [6.45, 7) is 2.38. The molecule has 0 spiro atoms. The Balaban J connectivity index is 1.95. The number of benzene rings is 2. The van der Waals surface area contributed by atoms with E-state index in [1.807, 2.05) is 55.5 Å². The highest BCUT2D eigenvalue weighted by atomic mass is 35.5. The molecular formula is C17H15ClN2O. The van der Waals surface area contributed by atoms with Crippen LogP contribution in [0.3, 0.4) is 0 Å². The number of fused-ring (bicyclic) bond motifs is 1. The molecule has 1 aromatic heterocycles. The molecule has 3 aromatic rings. The molecule has 0 aliphatic rings. The zero-order valence-electron chi connectivity index (χ0n) is 11.6. The summed E-state index contributed by atoms with van der Waals surface area (Å²) in [7, 11) is 0. The van der Waals surface area contributed by atoms with E-state index in [1.165, 1.54) is 0 Å². The Morgan fingerprint density at radius 1 is 1.14 bits per heavy atom. The second-order valence-electron chi connectivity index (χ2n) is 4.97. The number of aromatic amines is 1. The summed E-state index contributed by atoms with van der Waals surface area (Å²) in [4.78, 5) is 15.8. The minimum atomic E-state index is 0.0661. The number of hydrogen-bond acceptors (Lipinski definition) is 2. The van der Waals surface area contributed by atoms with Crippen molar-refractivity contribution in [2.75, 3.05) is 5.32 Å². The van der Waals surface area contributed by atoms with Crippen LogP contribution >= 0.6 is 11.6 Å². The minimum Gasteiger partial charge on any atom is -0.381 e. The number of aryl methyl sites for hydroxylation is 1. The van der Waals surface area contributed by atoms with Gasteiger partial charge in [0.1, 0.15) is 0 Å². The van der Waals surface area contributed by atoms with E-state index in [9.17, 15) is 4.79 Å². The van der Waals surface area contributed by atoms with Crippen LogP contribution in [0.15, 0.2) is 53.3 Å². The van der Waals surface area contributed by atoms with Crippen LogP contribution in [0.4, 0.5) is 5.69 Å². The molecule has 2 N–H and O–H groups in total. The molecule has 0 bridgehead atoms. The first-order valence-electron chi connectivity index (χ1n) is 6.75. The Morgan fingerprint density at radius 3 is 2.76 bits per heavy atom. The average molecular weight is 299 g/mol. The molecule has 0 radical (unpaired) electrons. The van der Waals surface area contributed by atoms with Crippen LogP contribution in [0, 0.1) is 6.92 Å². The van der Waals surface area contributed by atoms with Gasteiger partial charge >= 0.3 is 0 Å². The number of halogens is 1. The second kappa shape index (κ2) is 5.62. The summed E-state index contributed by atoms with van der Waals surface area (Å²) in [5.74, 6) is 0. The van der Waals surface area contributed by atoms with Crippen molar-refractivity contribution in [2.24, 2.45) is 0 Å². The standard InChI is InChI=1S/C17H15ClN2O/c1-11-15(10-19-13-6-4-5-12(18)9-13)17(21)14-7-2-3-8-16(14)20-11/h2-9,19H,10H2,1H3,(H,20,21). The topological polar surface area (TPSA) is 44.9 Å². The molecule has 4 heteroatoms. The predicted molar refractivity (Wildman–Crippen MR) is 88.1 cm³/mol. The molecule has 3 nitrogen and oxygen atoms in total. The zero-order valence-corrected chi connectivity index (χ0v) is 12.4. The molecule has 21 heavy (non-hydrogen) atoms. The third-order valence-electron chi connectivity index (χ3n) is 3.51. The summed E-state index contributed by atoms with van der Waals surface area (Å²) >= 11 is 5.96. The van der Waals surface area contributed by atoms with Crippen molar-refractivity contribution >= 4 is 28.2 Å². The Kier molecular flexibility index (Phi) is 3.67. The van der Waals surface area contributed by atoms with E-state index in [0.29, 0.717) is 17.0 Å². The van der Waals surface area contributed by atoms with Gasteiger partial charge in [0, 0.05) is 39.4 Å². The summed E-state index contributed by atoms with van der Waals surface area (Å²) in [6.07, 6.45) is 0.